The molecular weight excluding hydrogens is 284 g/mol. The SMILES string of the molecule is Cc1c(O)cccc1C(=O)NCc1sccc1C#CCN. The number of hydrogen-bond donors (Lipinski definition) is 3. The van der Waals surface area contributed by atoms with Gasteiger partial charge in [-0.05, 0) is 30.5 Å². The highest BCUT2D eigenvalue weighted by Gasteiger charge is 2.12. The van der Waals surface area contributed by atoms with Gasteiger partial charge in [0.15, 0.2) is 0 Å². The maximum atomic E-state index is 12.2. The number of carbonyl (C=O) groups is 1. The van der Waals surface area contributed by atoms with Crippen molar-refractivity contribution in [2.24, 2.45) is 5.73 Å². The molecule has 2 rings (SSSR count). The van der Waals surface area contributed by atoms with Gasteiger partial charge < -0.3 is 16.2 Å². The lowest BCUT2D eigenvalue weighted by Crippen LogP contribution is -2.23. The van der Waals surface area contributed by atoms with Gasteiger partial charge >= 0.3 is 0 Å². The third-order valence-electron chi connectivity index (χ3n) is 3.03. The summed E-state index contributed by atoms with van der Waals surface area (Å²) < 4.78 is 0. The molecule has 2 aromatic rings. The second kappa shape index (κ2) is 6.93. The van der Waals surface area contributed by atoms with Gasteiger partial charge in [-0.3, -0.25) is 4.79 Å². The highest BCUT2D eigenvalue weighted by molar-refractivity contribution is 7.10. The van der Waals surface area contributed by atoms with Crippen LogP contribution in [0.1, 0.15) is 26.4 Å². The minimum Gasteiger partial charge on any atom is -0.508 e. The molecule has 0 unspecified atom stereocenters. The minimum absolute atomic E-state index is 0.119. The number of thiophene rings is 1. The van der Waals surface area contributed by atoms with Crippen LogP contribution in [-0.4, -0.2) is 17.6 Å². The predicted molar refractivity (Wildman–Crippen MR) is 84.3 cm³/mol. The van der Waals surface area contributed by atoms with Gasteiger partial charge in [0.2, 0.25) is 0 Å². The van der Waals surface area contributed by atoms with Crippen LogP contribution in [0.4, 0.5) is 0 Å². The van der Waals surface area contributed by atoms with Crippen LogP contribution in [0.2, 0.25) is 0 Å². The first kappa shape index (κ1) is 15.1. The Morgan fingerprint density at radius 2 is 2.24 bits per heavy atom. The number of amides is 1. The Bertz CT molecular complexity index is 711. The largest absolute Gasteiger partial charge is 0.508 e. The molecule has 0 fully saturated rings. The number of phenols is 1. The van der Waals surface area contributed by atoms with Crippen LogP contribution < -0.4 is 11.1 Å². The zero-order chi connectivity index (χ0) is 15.2. The second-order valence-corrected chi connectivity index (χ2v) is 5.40. The second-order valence-electron chi connectivity index (χ2n) is 4.40. The normalized spacial score (nSPS) is 9.81. The van der Waals surface area contributed by atoms with Gasteiger partial charge in [-0.2, -0.15) is 0 Å². The molecule has 1 aromatic heterocycles. The van der Waals surface area contributed by atoms with Crippen LogP contribution in [0.3, 0.4) is 0 Å². The fraction of sp³-hybridized carbons (Fsp3) is 0.188. The average molecular weight is 300 g/mol. The Kier molecular flexibility index (Phi) is 4.99. The first-order valence-corrected chi connectivity index (χ1v) is 7.33. The summed E-state index contributed by atoms with van der Waals surface area (Å²) >= 11 is 1.54. The van der Waals surface area contributed by atoms with Crippen LogP contribution in [0.25, 0.3) is 0 Å². The van der Waals surface area contributed by atoms with Gasteiger partial charge in [0.25, 0.3) is 5.91 Å². The first-order chi connectivity index (χ1) is 10.1. The van der Waals surface area contributed by atoms with Gasteiger partial charge in [-0.25, -0.2) is 0 Å². The summed E-state index contributed by atoms with van der Waals surface area (Å²) in [6.07, 6.45) is 0. The molecule has 21 heavy (non-hydrogen) atoms. The summed E-state index contributed by atoms with van der Waals surface area (Å²) in [7, 11) is 0. The van der Waals surface area contributed by atoms with Crippen molar-refractivity contribution in [2.75, 3.05) is 6.54 Å². The van der Waals surface area contributed by atoms with Crippen molar-refractivity contribution in [1.29, 1.82) is 0 Å². The first-order valence-electron chi connectivity index (χ1n) is 6.45. The molecule has 1 amide bonds. The standard InChI is InChI=1S/C16H16N2O2S/c1-11-13(5-2-6-14(11)19)16(20)18-10-15-12(4-3-8-17)7-9-21-15/h2,5-7,9,19H,8,10,17H2,1H3,(H,18,20). The predicted octanol–water partition coefficient (Wildman–Crippen LogP) is 2.00. The molecule has 4 N–H and O–H groups in total. The zero-order valence-electron chi connectivity index (χ0n) is 11.6. The smallest absolute Gasteiger partial charge is 0.251 e. The maximum absolute atomic E-state index is 12.2. The van der Waals surface area contributed by atoms with Crippen molar-refractivity contribution in [1.82, 2.24) is 5.32 Å². The van der Waals surface area contributed by atoms with Crippen molar-refractivity contribution in [3.8, 4) is 17.6 Å². The Labute approximate surface area is 127 Å². The van der Waals surface area contributed by atoms with Crippen molar-refractivity contribution in [3.63, 3.8) is 0 Å². The number of hydrogen-bond acceptors (Lipinski definition) is 4. The Hall–Kier alpha value is -2.29. The maximum Gasteiger partial charge on any atom is 0.251 e. The molecule has 108 valence electrons. The van der Waals surface area contributed by atoms with Crippen molar-refractivity contribution < 1.29 is 9.90 Å². The number of benzene rings is 1. The molecule has 0 aliphatic carbocycles. The Morgan fingerprint density at radius 1 is 1.43 bits per heavy atom. The lowest BCUT2D eigenvalue weighted by atomic mass is 10.1. The van der Waals surface area contributed by atoms with E-state index in [1.807, 2.05) is 11.4 Å². The summed E-state index contributed by atoms with van der Waals surface area (Å²) in [5.41, 5.74) is 7.29. The van der Waals surface area contributed by atoms with Crippen molar-refractivity contribution >= 4 is 17.2 Å². The molecule has 0 radical (unpaired) electrons. The molecule has 0 aliphatic rings. The van der Waals surface area contributed by atoms with Gasteiger partial charge in [-0.1, -0.05) is 17.9 Å². The van der Waals surface area contributed by atoms with E-state index < -0.39 is 0 Å². The van der Waals surface area contributed by atoms with E-state index in [0.29, 0.717) is 24.2 Å². The molecule has 0 atom stereocenters. The number of aromatic hydroxyl groups is 1. The quantitative estimate of drug-likeness (QED) is 0.759. The molecule has 0 saturated heterocycles. The Morgan fingerprint density at radius 3 is 3.00 bits per heavy atom. The highest BCUT2D eigenvalue weighted by Crippen LogP contribution is 2.20. The van der Waals surface area contributed by atoms with Crippen LogP contribution >= 0.6 is 11.3 Å². The van der Waals surface area contributed by atoms with Crippen LogP contribution in [0.5, 0.6) is 5.75 Å². The summed E-state index contributed by atoms with van der Waals surface area (Å²) in [6.45, 7) is 2.43. The summed E-state index contributed by atoms with van der Waals surface area (Å²) in [5, 5.41) is 14.4. The number of phenolic OH excluding ortho intramolecular Hbond substituents is 1. The van der Waals surface area contributed by atoms with Crippen molar-refractivity contribution in [3.05, 3.63) is 51.2 Å². The molecule has 0 spiro atoms. The summed E-state index contributed by atoms with van der Waals surface area (Å²) in [4.78, 5) is 13.2. The summed E-state index contributed by atoms with van der Waals surface area (Å²) in [5.74, 6) is 5.69. The van der Waals surface area contributed by atoms with Gasteiger partial charge in [0, 0.05) is 21.6 Å². The lowest BCUT2D eigenvalue weighted by Gasteiger charge is -2.08. The van der Waals surface area contributed by atoms with Gasteiger partial charge in [0.1, 0.15) is 5.75 Å². The van der Waals surface area contributed by atoms with E-state index in [1.54, 1.807) is 25.1 Å². The number of carbonyl (C=O) groups excluding carboxylic acids is 1. The monoisotopic (exact) mass is 300 g/mol. The van der Waals surface area contributed by atoms with Crippen LogP contribution in [0.15, 0.2) is 29.6 Å². The third kappa shape index (κ3) is 3.63. The van der Waals surface area contributed by atoms with E-state index in [-0.39, 0.29) is 11.7 Å². The molecule has 0 aliphatic heterocycles. The molecular formula is C16H16N2O2S. The van der Waals surface area contributed by atoms with Crippen LogP contribution in [0, 0.1) is 18.8 Å². The average Bonchev–Trinajstić information content (AvgIpc) is 2.93. The highest BCUT2D eigenvalue weighted by atomic mass is 32.1. The van der Waals surface area contributed by atoms with E-state index >= 15 is 0 Å². The van der Waals surface area contributed by atoms with Crippen LogP contribution in [-0.2, 0) is 6.54 Å². The topological polar surface area (TPSA) is 75.3 Å². The van der Waals surface area contributed by atoms with E-state index in [0.717, 1.165) is 10.4 Å². The zero-order valence-corrected chi connectivity index (χ0v) is 12.5. The minimum atomic E-state index is -0.213. The number of rotatable bonds is 3. The number of nitrogens with one attached hydrogen (secondary N) is 1. The molecule has 0 bridgehead atoms. The molecule has 1 heterocycles. The van der Waals surface area contributed by atoms with E-state index in [4.69, 9.17) is 5.73 Å². The molecule has 4 nitrogen and oxygen atoms in total. The van der Waals surface area contributed by atoms with E-state index in [1.165, 1.54) is 11.3 Å². The molecule has 0 saturated carbocycles. The van der Waals surface area contributed by atoms with Gasteiger partial charge in [0.05, 0.1) is 13.1 Å². The summed E-state index contributed by atoms with van der Waals surface area (Å²) in [6, 6.07) is 6.81. The van der Waals surface area contributed by atoms with Crippen molar-refractivity contribution in [2.45, 2.75) is 13.5 Å². The molecule has 5 heteroatoms. The fourth-order valence-electron chi connectivity index (χ4n) is 1.86. The fourth-order valence-corrected chi connectivity index (χ4v) is 2.63. The third-order valence-corrected chi connectivity index (χ3v) is 3.95. The lowest BCUT2D eigenvalue weighted by molar-refractivity contribution is 0.0950. The Balaban J connectivity index is 2.08. The van der Waals surface area contributed by atoms with E-state index in [2.05, 4.69) is 17.2 Å². The van der Waals surface area contributed by atoms with Gasteiger partial charge in [-0.15, -0.1) is 11.3 Å². The molecule has 1 aromatic carbocycles. The number of nitrogens with two attached hydrogens (primary N) is 1. The van der Waals surface area contributed by atoms with E-state index in [9.17, 15) is 9.90 Å².